The molecule has 1 aliphatic heterocycles. The van der Waals surface area contributed by atoms with Crippen molar-refractivity contribution in [2.75, 3.05) is 16.0 Å². The Bertz CT molecular complexity index is 1180. The monoisotopic (exact) mass is 458 g/mol. The molecule has 0 aliphatic carbocycles. The van der Waals surface area contributed by atoms with Crippen LogP contribution in [0.15, 0.2) is 66.7 Å². The lowest BCUT2D eigenvalue weighted by molar-refractivity contribution is -0.115. The van der Waals surface area contributed by atoms with Crippen LogP contribution in [0.1, 0.15) is 58.8 Å². The smallest absolute Gasteiger partial charge is 0.255 e. The standard InChI is InChI=1S/C28H30N2O2S/c1-18-7-6-8-24(19(18)2)30-25(31)17-33-27(30)21-11-15-23(16-12-21)29-26(32)20-9-13-22(14-10-20)28(3,4)5/h6-16,27H,17H2,1-5H3,(H,29,32)/t27-/m1/s1. The minimum Gasteiger partial charge on any atom is -0.322 e. The van der Waals surface area contributed by atoms with E-state index in [-0.39, 0.29) is 22.6 Å². The maximum Gasteiger partial charge on any atom is 0.255 e. The number of nitrogens with zero attached hydrogens (tertiary/aromatic N) is 1. The fourth-order valence-corrected chi connectivity index (χ4v) is 5.15. The maximum atomic E-state index is 12.7. The van der Waals surface area contributed by atoms with Gasteiger partial charge in [0.2, 0.25) is 5.91 Å². The van der Waals surface area contributed by atoms with Crippen LogP contribution in [-0.4, -0.2) is 17.6 Å². The summed E-state index contributed by atoms with van der Waals surface area (Å²) in [6.45, 7) is 10.6. The zero-order valence-corrected chi connectivity index (χ0v) is 20.6. The van der Waals surface area contributed by atoms with Gasteiger partial charge in [0, 0.05) is 16.9 Å². The highest BCUT2D eigenvalue weighted by molar-refractivity contribution is 8.00. The Morgan fingerprint density at radius 3 is 2.27 bits per heavy atom. The normalized spacial score (nSPS) is 16.2. The van der Waals surface area contributed by atoms with Gasteiger partial charge in [-0.1, -0.05) is 57.2 Å². The highest BCUT2D eigenvalue weighted by atomic mass is 32.2. The van der Waals surface area contributed by atoms with Crippen LogP contribution in [0.3, 0.4) is 0 Å². The summed E-state index contributed by atoms with van der Waals surface area (Å²) in [6, 6.07) is 21.6. The fraction of sp³-hybridized carbons (Fsp3) is 0.286. The molecule has 4 rings (SSSR count). The van der Waals surface area contributed by atoms with Crippen LogP contribution in [0.2, 0.25) is 0 Å². The van der Waals surface area contributed by atoms with E-state index in [0.29, 0.717) is 11.3 Å². The number of carbonyl (C=O) groups excluding carboxylic acids is 2. The van der Waals surface area contributed by atoms with Gasteiger partial charge in [0.05, 0.1) is 5.75 Å². The number of amides is 2. The molecule has 33 heavy (non-hydrogen) atoms. The zero-order chi connectivity index (χ0) is 23.8. The van der Waals surface area contributed by atoms with Crippen LogP contribution in [0.4, 0.5) is 11.4 Å². The first-order chi connectivity index (χ1) is 15.6. The Balaban J connectivity index is 1.50. The van der Waals surface area contributed by atoms with Crippen molar-refractivity contribution in [3.63, 3.8) is 0 Å². The van der Waals surface area contributed by atoms with Crippen molar-refractivity contribution in [3.05, 3.63) is 94.5 Å². The van der Waals surface area contributed by atoms with Crippen LogP contribution in [0.5, 0.6) is 0 Å². The van der Waals surface area contributed by atoms with Crippen molar-refractivity contribution < 1.29 is 9.59 Å². The van der Waals surface area contributed by atoms with Crippen LogP contribution in [-0.2, 0) is 10.2 Å². The topological polar surface area (TPSA) is 49.4 Å². The molecule has 3 aromatic rings. The Morgan fingerprint density at radius 1 is 0.970 bits per heavy atom. The van der Waals surface area contributed by atoms with Gasteiger partial charge in [0.15, 0.2) is 0 Å². The molecule has 1 N–H and O–H groups in total. The molecule has 1 fully saturated rings. The molecular formula is C28H30N2O2S. The van der Waals surface area contributed by atoms with Crippen molar-refractivity contribution in [2.45, 2.75) is 45.4 Å². The van der Waals surface area contributed by atoms with Crippen LogP contribution < -0.4 is 10.2 Å². The Morgan fingerprint density at radius 2 is 1.64 bits per heavy atom. The molecule has 1 heterocycles. The number of benzene rings is 3. The molecule has 1 aliphatic rings. The molecule has 2 amide bonds. The first kappa shape index (κ1) is 23.1. The van der Waals surface area contributed by atoms with Crippen molar-refractivity contribution in [3.8, 4) is 0 Å². The first-order valence-electron chi connectivity index (χ1n) is 11.2. The highest BCUT2D eigenvalue weighted by Gasteiger charge is 2.34. The van der Waals surface area contributed by atoms with Crippen LogP contribution >= 0.6 is 11.8 Å². The lowest BCUT2D eigenvalue weighted by Gasteiger charge is -2.26. The molecule has 0 spiro atoms. The van der Waals surface area contributed by atoms with Gasteiger partial charge in [0.25, 0.3) is 5.91 Å². The van der Waals surface area contributed by atoms with E-state index in [9.17, 15) is 9.59 Å². The summed E-state index contributed by atoms with van der Waals surface area (Å²) >= 11 is 1.63. The third-order valence-corrected chi connectivity index (χ3v) is 7.38. The molecule has 0 aromatic heterocycles. The number of anilines is 2. The summed E-state index contributed by atoms with van der Waals surface area (Å²) in [7, 11) is 0. The molecule has 5 heteroatoms. The molecule has 0 unspecified atom stereocenters. The molecule has 0 radical (unpaired) electrons. The zero-order valence-electron chi connectivity index (χ0n) is 19.8. The summed E-state index contributed by atoms with van der Waals surface area (Å²) in [5.74, 6) is 0.446. The minimum atomic E-state index is -0.134. The first-order valence-corrected chi connectivity index (χ1v) is 12.2. The fourth-order valence-electron chi connectivity index (χ4n) is 3.98. The van der Waals surface area contributed by atoms with E-state index in [1.54, 1.807) is 11.8 Å². The highest BCUT2D eigenvalue weighted by Crippen LogP contribution is 2.43. The lowest BCUT2D eigenvalue weighted by atomic mass is 9.87. The number of carbonyl (C=O) groups is 2. The van der Waals surface area contributed by atoms with Gasteiger partial charge in [-0.25, -0.2) is 0 Å². The van der Waals surface area contributed by atoms with E-state index >= 15 is 0 Å². The Kier molecular flexibility index (Phi) is 6.35. The molecule has 3 aromatic carbocycles. The Labute approximate surface area is 200 Å². The number of aryl methyl sites for hydroxylation is 1. The minimum absolute atomic E-state index is 0.0509. The van der Waals surface area contributed by atoms with Crippen molar-refractivity contribution in [1.82, 2.24) is 0 Å². The van der Waals surface area contributed by atoms with Gasteiger partial charge >= 0.3 is 0 Å². The van der Waals surface area contributed by atoms with Crippen molar-refractivity contribution in [2.24, 2.45) is 0 Å². The number of thioether (sulfide) groups is 1. The Hall–Kier alpha value is -3.05. The van der Waals surface area contributed by atoms with Crippen molar-refractivity contribution >= 4 is 35.0 Å². The van der Waals surface area contributed by atoms with Gasteiger partial charge < -0.3 is 5.32 Å². The van der Waals surface area contributed by atoms with Crippen molar-refractivity contribution in [1.29, 1.82) is 0 Å². The summed E-state index contributed by atoms with van der Waals surface area (Å²) in [6.07, 6.45) is 0. The van der Waals surface area contributed by atoms with Gasteiger partial charge in [-0.05, 0) is 71.8 Å². The summed E-state index contributed by atoms with van der Waals surface area (Å²) in [5.41, 5.74) is 6.91. The van der Waals surface area contributed by atoms with E-state index in [2.05, 4.69) is 46.0 Å². The predicted molar refractivity (Wildman–Crippen MR) is 138 cm³/mol. The number of hydrogen-bond donors (Lipinski definition) is 1. The maximum absolute atomic E-state index is 12.7. The van der Waals surface area contributed by atoms with Gasteiger partial charge in [-0.3, -0.25) is 14.5 Å². The third-order valence-electron chi connectivity index (χ3n) is 6.17. The second-order valence-corrected chi connectivity index (χ2v) is 10.6. The summed E-state index contributed by atoms with van der Waals surface area (Å²) in [4.78, 5) is 27.3. The predicted octanol–water partition coefficient (Wildman–Crippen LogP) is 6.63. The summed E-state index contributed by atoms with van der Waals surface area (Å²) in [5, 5.41) is 2.90. The average Bonchev–Trinajstić information content (AvgIpc) is 3.17. The molecule has 0 bridgehead atoms. The summed E-state index contributed by atoms with van der Waals surface area (Å²) < 4.78 is 0. The quantitative estimate of drug-likeness (QED) is 0.477. The lowest BCUT2D eigenvalue weighted by Crippen LogP contribution is -2.28. The number of rotatable bonds is 4. The second-order valence-electron chi connectivity index (χ2n) is 9.55. The van der Waals surface area contributed by atoms with Crippen LogP contribution in [0.25, 0.3) is 0 Å². The molecule has 1 saturated heterocycles. The average molecular weight is 459 g/mol. The molecule has 170 valence electrons. The van der Waals surface area contributed by atoms with Gasteiger partial charge in [0.1, 0.15) is 5.37 Å². The SMILES string of the molecule is Cc1cccc(N2C(=O)CS[C@@H]2c2ccc(NC(=O)c3ccc(C(C)(C)C)cc3)cc2)c1C. The second kappa shape index (κ2) is 9.06. The van der Waals surface area contributed by atoms with Gasteiger partial charge in [-0.2, -0.15) is 0 Å². The van der Waals surface area contributed by atoms with E-state index in [1.165, 1.54) is 11.1 Å². The van der Waals surface area contributed by atoms with Gasteiger partial charge in [-0.15, -0.1) is 11.8 Å². The molecule has 1 atom stereocenters. The molecule has 0 saturated carbocycles. The third kappa shape index (κ3) is 4.83. The molecular weight excluding hydrogens is 428 g/mol. The van der Waals surface area contributed by atoms with E-state index in [4.69, 9.17) is 0 Å². The largest absolute Gasteiger partial charge is 0.322 e. The van der Waals surface area contributed by atoms with E-state index < -0.39 is 0 Å². The molecule has 4 nitrogen and oxygen atoms in total. The number of nitrogens with one attached hydrogen (secondary N) is 1. The van der Waals surface area contributed by atoms with Crippen LogP contribution in [0, 0.1) is 13.8 Å². The number of hydrogen-bond acceptors (Lipinski definition) is 3. The van der Waals surface area contributed by atoms with E-state index in [0.717, 1.165) is 22.5 Å². The van der Waals surface area contributed by atoms with E-state index in [1.807, 2.05) is 65.6 Å².